The molecule has 0 saturated carbocycles. The molecule has 6 heteroatoms. The number of aliphatic imine (C=N–C) groups is 1. The summed E-state index contributed by atoms with van der Waals surface area (Å²) >= 11 is 0. The maximum Gasteiger partial charge on any atom is 0.194 e. The quantitative estimate of drug-likeness (QED) is 0.449. The molecule has 23 heavy (non-hydrogen) atoms. The second kappa shape index (κ2) is 8.90. The molecule has 0 radical (unpaired) electrons. The average Bonchev–Trinajstić information content (AvgIpc) is 3.24. The highest BCUT2D eigenvalue weighted by molar-refractivity contribution is 14.0. The van der Waals surface area contributed by atoms with Crippen molar-refractivity contribution in [3.8, 4) is 11.3 Å². The summed E-state index contributed by atoms with van der Waals surface area (Å²) in [6.45, 7) is 5.76. The largest absolute Gasteiger partial charge is 0.357 e. The molecule has 0 amide bonds. The first-order chi connectivity index (χ1) is 10.9. The Morgan fingerprint density at radius 2 is 2.00 bits per heavy atom. The molecule has 1 saturated heterocycles. The maximum atomic E-state index is 4.71. The van der Waals surface area contributed by atoms with E-state index in [1.807, 2.05) is 24.4 Å². The fraction of sp³-hybridized carbons (Fsp3) is 0.412. The van der Waals surface area contributed by atoms with Crippen LogP contribution < -0.4 is 5.32 Å². The van der Waals surface area contributed by atoms with Crippen molar-refractivity contribution in [1.29, 1.82) is 0 Å². The number of hydrogen-bond donors (Lipinski definition) is 2. The van der Waals surface area contributed by atoms with Gasteiger partial charge >= 0.3 is 0 Å². The van der Waals surface area contributed by atoms with Crippen molar-refractivity contribution >= 4 is 29.9 Å². The van der Waals surface area contributed by atoms with E-state index < -0.39 is 0 Å². The van der Waals surface area contributed by atoms with Crippen LogP contribution in [0.2, 0.25) is 0 Å². The number of guanidine groups is 1. The van der Waals surface area contributed by atoms with Gasteiger partial charge in [0.05, 0.1) is 11.9 Å². The highest BCUT2D eigenvalue weighted by atomic mass is 127. The molecule has 3 rings (SSSR count). The van der Waals surface area contributed by atoms with E-state index in [0.717, 1.165) is 42.7 Å². The smallest absolute Gasteiger partial charge is 0.194 e. The molecule has 1 aliphatic heterocycles. The van der Waals surface area contributed by atoms with Crippen molar-refractivity contribution in [3.63, 3.8) is 0 Å². The molecule has 0 spiro atoms. The van der Waals surface area contributed by atoms with Crippen LogP contribution in [-0.4, -0.2) is 40.5 Å². The van der Waals surface area contributed by atoms with Crippen LogP contribution in [0.25, 0.3) is 11.3 Å². The standard InChI is InChI=1S/C17H23N5.HI/c1-2-18-17(22-10-6-7-11-22)20-13-16-19-12-15(21-16)14-8-4-3-5-9-14;/h3-5,8-9,12H,2,6-7,10-11,13H2,1H3,(H,18,20)(H,19,21);1H. The van der Waals surface area contributed by atoms with Gasteiger partial charge in [0, 0.05) is 19.6 Å². The number of H-pyrrole nitrogens is 1. The van der Waals surface area contributed by atoms with Crippen molar-refractivity contribution < 1.29 is 0 Å². The highest BCUT2D eigenvalue weighted by Gasteiger charge is 2.15. The van der Waals surface area contributed by atoms with Crippen molar-refractivity contribution in [2.24, 2.45) is 4.99 Å². The van der Waals surface area contributed by atoms with Gasteiger partial charge in [-0.25, -0.2) is 9.98 Å². The minimum atomic E-state index is 0. The minimum Gasteiger partial charge on any atom is -0.357 e. The molecule has 0 aliphatic carbocycles. The molecule has 0 bridgehead atoms. The van der Waals surface area contributed by atoms with Gasteiger partial charge in [0.25, 0.3) is 0 Å². The van der Waals surface area contributed by atoms with Gasteiger partial charge in [-0.2, -0.15) is 0 Å². The lowest BCUT2D eigenvalue weighted by atomic mass is 10.2. The third-order valence-electron chi connectivity index (χ3n) is 3.83. The first-order valence-electron chi connectivity index (χ1n) is 7.99. The van der Waals surface area contributed by atoms with Gasteiger partial charge in [0.1, 0.15) is 12.4 Å². The summed E-state index contributed by atoms with van der Waals surface area (Å²) in [4.78, 5) is 14.8. The zero-order valence-electron chi connectivity index (χ0n) is 13.5. The number of halogens is 1. The molecular weight excluding hydrogens is 401 g/mol. The van der Waals surface area contributed by atoms with E-state index in [1.165, 1.54) is 12.8 Å². The number of aromatic nitrogens is 2. The molecule has 1 fully saturated rings. The number of likely N-dealkylation sites (tertiary alicyclic amines) is 1. The van der Waals surface area contributed by atoms with Gasteiger partial charge < -0.3 is 15.2 Å². The lowest BCUT2D eigenvalue weighted by Crippen LogP contribution is -2.39. The first-order valence-corrected chi connectivity index (χ1v) is 7.99. The monoisotopic (exact) mass is 425 g/mol. The summed E-state index contributed by atoms with van der Waals surface area (Å²) in [5.41, 5.74) is 2.19. The predicted molar refractivity (Wildman–Crippen MR) is 105 cm³/mol. The SMILES string of the molecule is CCNC(=NCc1ncc(-c2ccccc2)[nH]1)N1CCCC1.I. The van der Waals surface area contributed by atoms with E-state index in [0.29, 0.717) is 6.54 Å². The molecule has 2 N–H and O–H groups in total. The number of aromatic amines is 1. The Labute approximate surface area is 154 Å². The number of hydrogen-bond acceptors (Lipinski definition) is 2. The zero-order chi connectivity index (χ0) is 15.2. The van der Waals surface area contributed by atoms with E-state index in [4.69, 9.17) is 4.99 Å². The van der Waals surface area contributed by atoms with Gasteiger partial charge in [0.15, 0.2) is 5.96 Å². The van der Waals surface area contributed by atoms with Crippen molar-refractivity contribution in [2.45, 2.75) is 26.3 Å². The molecular formula is C17H24IN5. The van der Waals surface area contributed by atoms with Crippen molar-refractivity contribution in [2.75, 3.05) is 19.6 Å². The number of nitrogens with one attached hydrogen (secondary N) is 2. The molecule has 2 heterocycles. The Kier molecular flexibility index (Phi) is 6.88. The minimum absolute atomic E-state index is 0. The topological polar surface area (TPSA) is 56.3 Å². The second-order valence-corrected chi connectivity index (χ2v) is 5.47. The van der Waals surface area contributed by atoms with Crippen molar-refractivity contribution in [1.82, 2.24) is 20.2 Å². The van der Waals surface area contributed by atoms with Crippen LogP contribution >= 0.6 is 24.0 Å². The summed E-state index contributed by atoms with van der Waals surface area (Å²) in [6.07, 6.45) is 4.38. The number of imidazole rings is 1. The third kappa shape index (κ3) is 4.70. The summed E-state index contributed by atoms with van der Waals surface area (Å²) in [5.74, 6) is 1.89. The Balaban J connectivity index is 0.00000192. The van der Waals surface area contributed by atoms with Gasteiger partial charge in [-0.05, 0) is 25.3 Å². The molecule has 124 valence electrons. The Morgan fingerprint density at radius 1 is 1.26 bits per heavy atom. The van der Waals surface area contributed by atoms with Crippen LogP contribution in [0.4, 0.5) is 0 Å². The normalized spacial score (nSPS) is 14.7. The summed E-state index contributed by atoms with van der Waals surface area (Å²) in [6, 6.07) is 10.2. The summed E-state index contributed by atoms with van der Waals surface area (Å²) in [5, 5.41) is 3.37. The third-order valence-corrected chi connectivity index (χ3v) is 3.83. The van der Waals surface area contributed by atoms with Gasteiger partial charge in [-0.15, -0.1) is 24.0 Å². The molecule has 1 aromatic carbocycles. The van der Waals surface area contributed by atoms with Crippen LogP contribution in [0.15, 0.2) is 41.5 Å². The zero-order valence-corrected chi connectivity index (χ0v) is 15.8. The van der Waals surface area contributed by atoms with Gasteiger partial charge in [-0.1, -0.05) is 30.3 Å². The van der Waals surface area contributed by atoms with E-state index in [1.54, 1.807) is 0 Å². The fourth-order valence-electron chi connectivity index (χ4n) is 2.71. The molecule has 1 aromatic heterocycles. The molecule has 0 atom stereocenters. The summed E-state index contributed by atoms with van der Waals surface area (Å²) < 4.78 is 0. The summed E-state index contributed by atoms with van der Waals surface area (Å²) in [7, 11) is 0. The van der Waals surface area contributed by atoms with Crippen LogP contribution in [0.1, 0.15) is 25.6 Å². The molecule has 2 aromatic rings. The van der Waals surface area contributed by atoms with Crippen LogP contribution in [0.5, 0.6) is 0 Å². The number of rotatable bonds is 4. The van der Waals surface area contributed by atoms with E-state index in [9.17, 15) is 0 Å². The van der Waals surface area contributed by atoms with Crippen molar-refractivity contribution in [3.05, 3.63) is 42.4 Å². The van der Waals surface area contributed by atoms with Crippen LogP contribution in [0, 0.1) is 0 Å². The van der Waals surface area contributed by atoms with E-state index in [2.05, 4.69) is 39.2 Å². The van der Waals surface area contributed by atoms with Gasteiger partial charge in [0.2, 0.25) is 0 Å². The molecule has 5 nitrogen and oxygen atoms in total. The lowest BCUT2D eigenvalue weighted by molar-refractivity contribution is 0.493. The maximum absolute atomic E-state index is 4.71. The average molecular weight is 425 g/mol. The van der Waals surface area contributed by atoms with E-state index >= 15 is 0 Å². The van der Waals surface area contributed by atoms with Crippen LogP contribution in [-0.2, 0) is 6.54 Å². The number of benzene rings is 1. The van der Waals surface area contributed by atoms with Crippen LogP contribution in [0.3, 0.4) is 0 Å². The second-order valence-electron chi connectivity index (χ2n) is 5.47. The highest BCUT2D eigenvalue weighted by Crippen LogP contribution is 2.16. The van der Waals surface area contributed by atoms with Gasteiger partial charge in [-0.3, -0.25) is 0 Å². The molecule has 0 unspecified atom stereocenters. The fourth-order valence-corrected chi connectivity index (χ4v) is 2.71. The predicted octanol–water partition coefficient (Wildman–Crippen LogP) is 3.26. The molecule has 1 aliphatic rings. The Morgan fingerprint density at radius 3 is 2.70 bits per heavy atom. The number of nitrogens with zero attached hydrogens (tertiary/aromatic N) is 3. The van der Waals surface area contributed by atoms with E-state index in [-0.39, 0.29) is 24.0 Å². The first kappa shape index (κ1) is 17.8. The Hall–Kier alpha value is -1.57. The Bertz CT molecular complexity index is 617. The lowest BCUT2D eigenvalue weighted by Gasteiger charge is -2.20.